The molecule has 3 heterocycles. The van der Waals surface area contributed by atoms with Crippen molar-refractivity contribution >= 4 is 35.3 Å². The van der Waals surface area contributed by atoms with Crippen LogP contribution in [0.15, 0.2) is 41.8 Å². The first kappa shape index (κ1) is 18.7. The van der Waals surface area contributed by atoms with E-state index < -0.39 is 5.82 Å². The SMILES string of the molecule is COc1ncc(Cl)cc1SNc1nccc(C#Cc2cnc(N)nc2)c1F. The van der Waals surface area contributed by atoms with Crippen molar-refractivity contribution in [3.8, 4) is 17.7 Å². The minimum Gasteiger partial charge on any atom is -0.480 e. The summed E-state index contributed by atoms with van der Waals surface area (Å²) in [4.78, 5) is 16.3. The summed E-state index contributed by atoms with van der Waals surface area (Å²) in [7, 11) is 1.48. The zero-order valence-electron chi connectivity index (χ0n) is 13.9. The monoisotopic (exact) mass is 402 g/mol. The van der Waals surface area contributed by atoms with Crippen LogP contribution in [0.4, 0.5) is 16.2 Å². The van der Waals surface area contributed by atoms with Crippen molar-refractivity contribution < 1.29 is 9.13 Å². The van der Waals surface area contributed by atoms with Crippen LogP contribution in [0.25, 0.3) is 0 Å². The van der Waals surface area contributed by atoms with E-state index in [2.05, 4.69) is 36.5 Å². The van der Waals surface area contributed by atoms with Gasteiger partial charge in [0.1, 0.15) is 0 Å². The minimum atomic E-state index is -0.595. The number of aromatic nitrogens is 4. The molecule has 27 heavy (non-hydrogen) atoms. The van der Waals surface area contributed by atoms with Gasteiger partial charge in [0.05, 0.1) is 28.2 Å². The van der Waals surface area contributed by atoms with E-state index in [9.17, 15) is 4.39 Å². The Hall–Kier alpha value is -3.09. The van der Waals surface area contributed by atoms with Crippen molar-refractivity contribution in [1.29, 1.82) is 0 Å². The largest absolute Gasteiger partial charge is 0.480 e. The average molecular weight is 403 g/mol. The first-order chi connectivity index (χ1) is 13.1. The Labute approximate surface area is 163 Å². The van der Waals surface area contributed by atoms with E-state index in [1.807, 2.05) is 0 Å². The number of nitrogens with one attached hydrogen (secondary N) is 1. The zero-order valence-corrected chi connectivity index (χ0v) is 15.5. The van der Waals surface area contributed by atoms with Crippen molar-refractivity contribution in [3.05, 3.63) is 58.9 Å². The van der Waals surface area contributed by atoms with Gasteiger partial charge >= 0.3 is 0 Å². The lowest BCUT2D eigenvalue weighted by atomic mass is 10.2. The molecule has 0 unspecified atom stereocenters. The minimum absolute atomic E-state index is 0.0161. The molecule has 3 rings (SSSR count). The molecular formula is C17H12ClFN6OS. The van der Waals surface area contributed by atoms with Crippen molar-refractivity contribution in [2.45, 2.75) is 4.90 Å². The summed E-state index contributed by atoms with van der Waals surface area (Å²) in [5.74, 6) is 5.42. The molecule has 7 nitrogen and oxygen atoms in total. The second-order valence-electron chi connectivity index (χ2n) is 4.97. The third kappa shape index (κ3) is 4.75. The fourth-order valence-electron chi connectivity index (χ4n) is 1.89. The molecule has 0 saturated heterocycles. The van der Waals surface area contributed by atoms with E-state index in [0.29, 0.717) is 21.4 Å². The summed E-state index contributed by atoms with van der Waals surface area (Å²) in [6, 6.07) is 3.12. The number of rotatable bonds is 4. The van der Waals surface area contributed by atoms with Gasteiger partial charge < -0.3 is 15.2 Å². The highest BCUT2D eigenvalue weighted by molar-refractivity contribution is 8.00. The van der Waals surface area contributed by atoms with Crippen LogP contribution in [0.2, 0.25) is 5.02 Å². The number of pyridine rings is 2. The van der Waals surface area contributed by atoms with Crippen LogP contribution in [-0.2, 0) is 0 Å². The Bertz CT molecular complexity index is 1020. The molecule has 3 aromatic heterocycles. The number of anilines is 2. The van der Waals surface area contributed by atoms with Gasteiger partial charge in [-0.1, -0.05) is 23.4 Å². The molecule has 136 valence electrons. The van der Waals surface area contributed by atoms with Gasteiger partial charge in [-0.05, 0) is 24.1 Å². The summed E-state index contributed by atoms with van der Waals surface area (Å²) in [6.07, 6.45) is 5.83. The number of hydrogen-bond acceptors (Lipinski definition) is 8. The molecule has 3 aromatic rings. The fourth-order valence-corrected chi connectivity index (χ4v) is 2.87. The maximum Gasteiger partial charge on any atom is 0.228 e. The second kappa shape index (κ2) is 8.53. The van der Waals surface area contributed by atoms with Crippen molar-refractivity contribution in [3.63, 3.8) is 0 Å². The fraction of sp³-hybridized carbons (Fsp3) is 0.0588. The third-order valence-corrected chi connectivity index (χ3v) is 4.15. The van der Waals surface area contributed by atoms with Gasteiger partial charge in [0, 0.05) is 24.8 Å². The number of methoxy groups -OCH3 is 1. The lowest BCUT2D eigenvalue weighted by Gasteiger charge is -2.09. The second-order valence-corrected chi connectivity index (χ2v) is 6.25. The van der Waals surface area contributed by atoms with Crippen LogP contribution in [0.3, 0.4) is 0 Å². The van der Waals surface area contributed by atoms with Gasteiger partial charge in [-0.2, -0.15) is 0 Å². The van der Waals surface area contributed by atoms with Crippen LogP contribution in [-0.4, -0.2) is 27.0 Å². The number of nitrogens with zero attached hydrogens (tertiary/aromatic N) is 4. The topological polar surface area (TPSA) is 98.8 Å². The van der Waals surface area contributed by atoms with Gasteiger partial charge in [-0.25, -0.2) is 24.3 Å². The standard InChI is InChI=1S/C17H12ClFN6OS/c1-26-16-13(6-12(18)9-22-16)27-25-15-14(19)11(4-5-21-15)3-2-10-7-23-17(20)24-8-10/h4-9H,1H3,(H,21,25)(H2,20,23,24). The molecule has 0 spiro atoms. The van der Waals surface area contributed by atoms with E-state index >= 15 is 0 Å². The molecule has 0 saturated carbocycles. The van der Waals surface area contributed by atoms with Gasteiger partial charge in [0.15, 0.2) is 11.6 Å². The molecule has 3 N–H and O–H groups in total. The van der Waals surface area contributed by atoms with E-state index in [0.717, 1.165) is 11.9 Å². The molecule has 0 aliphatic rings. The Morgan fingerprint density at radius 2 is 1.96 bits per heavy atom. The quantitative estimate of drug-likeness (QED) is 0.507. The summed E-state index contributed by atoms with van der Waals surface area (Å²) in [5.41, 5.74) is 6.10. The van der Waals surface area contributed by atoms with E-state index in [1.165, 1.54) is 38.0 Å². The van der Waals surface area contributed by atoms with E-state index in [-0.39, 0.29) is 17.3 Å². The molecular weight excluding hydrogens is 391 g/mol. The Kier molecular flexibility index (Phi) is 5.90. The van der Waals surface area contributed by atoms with Crippen LogP contribution in [0.1, 0.15) is 11.1 Å². The zero-order chi connectivity index (χ0) is 19.2. The molecule has 10 heteroatoms. The van der Waals surface area contributed by atoms with Crippen LogP contribution in [0, 0.1) is 17.7 Å². The highest BCUT2D eigenvalue weighted by Gasteiger charge is 2.11. The molecule has 0 radical (unpaired) electrons. The number of nitrogen functional groups attached to an aromatic ring is 1. The molecule has 0 bridgehead atoms. The summed E-state index contributed by atoms with van der Waals surface area (Å²) >= 11 is 7.01. The molecule has 0 atom stereocenters. The Morgan fingerprint density at radius 3 is 2.70 bits per heavy atom. The smallest absolute Gasteiger partial charge is 0.228 e. The maximum absolute atomic E-state index is 14.6. The first-order valence-corrected chi connectivity index (χ1v) is 8.62. The summed E-state index contributed by atoms with van der Waals surface area (Å²) < 4.78 is 22.6. The molecule has 0 aliphatic carbocycles. The van der Waals surface area contributed by atoms with Crippen LogP contribution in [0.5, 0.6) is 5.88 Å². The molecule has 0 aromatic carbocycles. The predicted molar refractivity (Wildman–Crippen MR) is 102 cm³/mol. The number of halogens is 2. The average Bonchev–Trinajstić information content (AvgIpc) is 2.67. The molecule has 0 fully saturated rings. The number of hydrogen-bond donors (Lipinski definition) is 2. The van der Waals surface area contributed by atoms with E-state index in [1.54, 1.807) is 6.07 Å². The van der Waals surface area contributed by atoms with E-state index in [4.69, 9.17) is 22.1 Å². The number of nitrogens with two attached hydrogens (primary N) is 1. The lowest BCUT2D eigenvalue weighted by molar-refractivity contribution is 0.387. The van der Waals surface area contributed by atoms with Crippen LogP contribution < -0.4 is 15.2 Å². The Morgan fingerprint density at radius 1 is 1.19 bits per heavy atom. The molecule has 0 amide bonds. The van der Waals surface area contributed by atoms with Gasteiger partial charge in [-0.3, -0.25) is 0 Å². The highest BCUT2D eigenvalue weighted by Crippen LogP contribution is 2.30. The Balaban J connectivity index is 1.80. The molecule has 0 aliphatic heterocycles. The summed E-state index contributed by atoms with van der Waals surface area (Å²) in [5, 5.41) is 0.430. The van der Waals surface area contributed by atoms with Gasteiger partial charge in [-0.15, -0.1) is 0 Å². The van der Waals surface area contributed by atoms with Crippen molar-refractivity contribution in [1.82, 2.24) is 19.9 Å². The normalized spacial score (nSPS) is 10.0. The third-order valence-electron chi connectivity index (χ3n) is 3.14. The maximum atomic E-state index is 14.6. The first-order valence-electron chi connectivity index (χ1n) is 7.43. The number of ether oxygens (including phenoxy) is 1. The lowest BCUT2D eigenvalue weighted by Crippen LogP contribution is -1.99. The highest BCUT2D eigenvalue weighted by atomic mass is 35.5. The predicted octanol–water partition coefficient (Wildman–Crippen LogP) is 3.17. The van der Waals surface area contributed by atoms with Gasteiger partial charge in [0.25, 0.3) is 0 Å². The van der Waals surface area contributed by atoms with Crippen molar-refractivity contribution in [2.24, 2.45) is 0 Å². The van der Waals surface area contributed by atoms with Crippen molar-refractivity contribution in [2.75, 3.05) is 17.6 Å². The summed E-state index contributed by atoms with van der Waals surface area (Å²) in [6.45, 7) is 0. The van der Waals surface area contributed by atoms with Gasteiger partial charge in [0.2, 0.25) is 11.8 Å². The van der Waals surface area contributed by atoms with Crippen LogP contribution >= 0.6 is 23.5 Å².